The zero-order valence-electron chi connectivity index (χ0n) is 26.2. The maximum Gasteiger partial charge on any atom is 0.0447 e. The summed E-state index contributed by atoms with van der Waals surface area (Å²) in [6.45, 7) is 16.0. The molecule has 0 saturated carbocycles. The van der Waals surface area contributed by atoms with Crippen LogP contribution in [0.5, 0.6) is 0 Å². The molecule has 0 radical (unpaired) electrons. The van der Waals surface area contributed by atoms with Gasteiger partial charge in [-0.25, -0.2) is 0 Å². The van der Waals surface area contributed by atoms with Crippen LogP contribution in [0, 0.1) is 6.92 Å². The van der Waals surface area contributed by atoms with E-state index < -0.39 is 0 Å². The van der Waals surface area contributed by atoms with Gasteiger partial charge in [0.1, 0.15) is 0 Å². The molecule has 0 saturated heterocycles. The maximum atomic E-state index is 4.57. The van der Waals surface area contributed by atoms with Crippen LogP contribution in [0.1, 0.15) is 70.1 Å². The largest absolute Gasteiger partial charge is 0.347 e. The van der Waals surface area contributed by atoms with Gasteiger partial charge in [0.2, 0.25) is 0 Å². The molecule has 0 N–H and O–H groups in total. The summed E-state index contributed by atoms with van der Waals surface area (Å²) in [7, 11) is 2.20. The van der Waals surface area contributed by atoms with Crippen LogP contribution in [-0.2, 0) is 10.8 Å². The van der Waals surface area contributed by atoms with Crippen molar-refractivity contribution in [2.24, 2.45) is 0 Å². The molecular formula is C40H45NS. The number of rotatable bonds is 7. The molecule has 0 bridgehead atoms. The maximum absolute atomic E-state index is 4.57. The van der Waals surface area contributed by atoms with E-state index in [0.717, 1.165) is 18.4 Å². The number of para-hydroxylation sites is 1. The Morgan fingerprint density at radius 2 is 1.55 bits per heavy atom. The van der Waals surface area contributed by atoms with E-state index in [1.807, 2.05) is 11.8 Å². The van der Waals surface area contributed by atoms with Gasteiger partial charge in [0, 0.05) is 39.1 Å². The number of hydrogen-bond donors (Lipinski definition) is 0. The molecule has 1 aliphatic heterocycles. The number of benzene rings is 3. The summed E-state index contributed by atoms with van der Waals surface area (Å²) in [6, 6.07) is 28.3. The highest BCUT2D eigenvalue weighted by Gasteiger charge is 2.37. The van der Waals surface area contributed by atoms with Crippen LogP contribution in [-0.4, -0.2) is 7.05 Å². The smallest absolute Gasteiger partial charge is 0.0447 e. The molecule has 3 aromatic rings. The number of hydrogen-bond acceptors (Lipinski definition) is 2. The minimum atomic E-state index is -0.142. The lowest BCUT2D eigenvalue weighted by Crippen LogP contribution is -2.22. The number of fused-ring (bicyclic) bond motifs is 1. The van der Waals surface area contributed by atoms with Crippen molar-refractivity contribution in [3.63, 3.8) is 0 Å². The number of allylic oxidation sites excluding steroid dienone is 8. The molecule has 1 nitrogen and oxygen atoms in total. The highest BCUT2D eigenvalue weighted by atomic mass is 32.2. The van der Waals surface area contributed by atoms with Crippen molar-refractivity contribution in [3.8, 4) is 0 Å². The molecular weight excluding hydrogens is 527 g/mol. The van der Waals surface area contributed by atoms with Gasteiger partial charge in [-0.15, -0.1) is 0 Å². The van der Waals surface area contributed by atoms with Crippen molar-refractivity contribution in [2.45, 2.75) is 76.0 Å². The van der Waals surface area contributed by atoms with Gasteiger partial charge in [0.25, 0.3) is 0 Å². The molecule has 1 heterocycles. The number of likely N-dealkylation sites (N-methyl/N-ethyl adjacent to an activating group) is 1. The third-order valence-electron chi connectivity index (χ3n) is 9.18. The number of thioether (sulfide) groups is 1. The molecule has 0 amide bonds. The highest BCUT2D eigenvalue weighted by Crippen LogP contribution is 2.47. The first-order valence-electron chi connectivity index (χ1n) is 15.3. The van der Waals surface area contributed by atoms with Gasteiger partial charge in [-0.3, -0.25) is 0 Å². The number of anilines is 1. The molecule has 1 aliphatic carbocycles. The average Bonchev–Trinajstić information content (AvgIpc) is 3.08. The first-order valence-corrected chi connectivity index (χ1v) is 16.1. The molecule has 2 aliphatic rings. The summed E-state index contributed by atoms with van der Waals surface area (Å²) in [6.07, 6.45) is 14.0. The lowest BCUT2D eigenvalue weighted by Gasteiger charge is -2.28. The number of nitrogens with zero attached hydrogens (tertiary/aromatic N) is 1. The van der Waals surface area contributed by atoms with Crippen LogP contribution in [0.4, 0.5) is 5.69 Å². The van der Waals surface area contributed by atoms with E-state index in [0.29, 0.717) is 0 Å². The Bertz CT molecular complexity index is 1580. The minimum Gasteiger partial charge on any atom is -0.347 e. The van der Waals surface area contributed by atoms with Crippen LogP contribution in [0.25, 0.3) is 0 Å². The number of aryl methyl sites for hydroxylation is 1. The predicted molar refractivity (Wildman–Crippen MR) is 184 cm³/mol. The van der Waals surface area contributed by atoms with Crippen molar-refractivity contribution in [1.29, 1.82) is 0 Å². The molecule has 2 heteroatoms. The Balaban J connectivity index is 1.55. The summed E-state index contributed by atoms with van der Waals surface area (Å²) < 4.78 is 0. The summed E-state index contributed by atoms with van der Waals surface area (Å²) in [5.41, 5.74) is 10.5. The molecule has 42 heavy (non-hydrogen) atoms. The van der Waals surface area contributed by atoms with E-state index in [9.17, 15) is 0 Å². The SMILES string of the molecule is C=C(/C=C/C1=C(Sc2ccccc2)C(=C/C=C2/N(C)c3ccccc3C2(C)C)/CCCC1)C(C)(C)c1ccccc1C. The lowest BCUT2D eigenvalue weighted by atomic mass is 9.76. The molecule has 216 valence electrons. The molecule has 0 fully saturated rings. The third-order valence-corrected chi connectivity index (χ3v) is 10.4. The summed E-state index contributed by atoms with van der Waals surface area (Å²) in [5, 5.41) is 0. The van der Waals surface area contributed by atoms with E-state index in [-0.39, 0.29) is 10.8 Å². The summed E-state index contributed by atoms with van der Waals surface area (Å²) in [4.78, 5) is 5.04. The van der Waals surface area contributed by atoms with Crippen molar-refractivity contribution in [3.05, 3.63) is 154 Å². The minimum absolute atomic E-state index is 0.0365. The second-order valence-electron chi connectivity index (χ2n) is 12.7. The van der Waals surface area contributed by atoms with Crippen molar-refractivity contribution in [1.82, 2.24) is 0 Å². The van der Waals surface area contributed by atoms with Crippen LogP contribution in [0.2, 0.25) is 0 Å². The van der Waals surface area contributed by atoms with Gasteiger partial charge in [-0.2, -0.15) is 0 Å². The molecule has 0 atom stereocenters. The van der Waals surface area contributed by atoms with Crippen molar-refractivity contribution >= 4 is 17.4 Å². The quantitative estimate of drug-likeness (QED) is 0.259. The Labute approximate surface area is 258 Å². The zero-order chi connectivity index (χ0) is 29.9. The van der Waals surface area contributed by atoms with Crippen LogP contribution >= 0.6 is 11.8 Å². The molecule has 0 spiro atoms. The fraction of sp³-hybridized carbons (Fsp3) is 0.300. The molecule has 3 aromatic carbocycles. The fourth-order valence-corrected chi connectivity index (χ4v) is 7.59. The van der Waals surface area contributed by atoms with Gasteiger partial charge in [0.05, 0.1) is 0 Å². The molecule has 0 aromatic heterocycles. The average molecular weight is 572 g/mol. The second-order valence-corrected chi connectivity index (χ2v) is 13.8. The van der Waals surface area contributed by atoms with Gasteiger partial charge in [0.15, 0.2) is 0 Å². The van der Waals surface area contributed by atoms with Crippen molar-refractivity contribution < 1.29 is 0 Å². The van der Waals surface area contributed by atoms with Crippen LogP contribution in [0.15, 0.2) is 142 Å². The van der Waals surface area contributed by atoms with Gasteiger partial charge in [-0.1, -0.05) is 125 Å². The standard InChI is InChI=1S/C40H45NS/c1-29-17-11-14-22-34(29)39(3,4)30(2)25-26-31-18-12-13-19-32(38(31)42-33-20-9-8-10-21-33)27-28-37-40(5,6)35-23-15-16-24-36(35)41(37)7/h8-11,14-17,20-28H,2,12-13,18-19H2,1,3-7H3/b26-25+,32-27+,37-28+. The fourth-order valence-electron chi connectivity index (χ4n) is 6.46. The predicted octanol–water partition coefficient (Wildman–Crippen LogP) is 11.2. The normalized spacial score (nSPS) is 19.0. The molecule has 0 unspecified atom stereocenters. The van der Waals surface area contributed by atoms with Crippen LogP contribution < -0.4 is 4.90 Å². The van der Waals surface area contributed by atoms with Crippen LogP contribution in [0.3, 0.4) is 0 Å². The highest BCUT2D eigenvalue weighted by molar-refractivity contribution is 8.03. The van der Waals surface area contributed by atoms with Gasteiger partial charge >= 0.3 is 0 Å². The third kappa shape index (κ3) is 6.01. The Morgan fingerprint density at radius 3 is 2.29 bits per heavy atom. The van der Waals surface area contributed by atoms with Gasteiger partial charge < -0.3 is 4.90 Å². The first kappa shape index (κ1) is 30.0. The second kappa shape index (κ2) is 12.4. The zero-order valence-corrected chi connectivity index (χ0v) is 27.0. The molecule has 5 rings (SSSR count). The van der Waals surface area contributed by atoms with Gasteiger partial charge in [-0.05, 0) is 90.3 Å². The van der Waals surface area contributed by atoms with E-state index in [2.05, 4.69) is 156 Å². The Hall–Kier alpha value is -3.49. The Kier molecular flexibility index (Phi) is 8.85. The lowest BCUT2D eigenvalue weighted by molar-refractivity contribution is 0.636. The monoisotopic (exact) mass is 571 g/mol. The summed E-state index contributed by atoms with van der Waals surface area (Å²) in [5.74, 6) is 0. The topological polar surface area (TPSA) is 3.24 Å². The van der Waals surface area contributed by atoms with E-state index in [4.69, 9.17) is 0 Å². The van der Waals surface area contributed by atoms with E-state index in [1.165, 1.54) is 61.9 Å². The van der Waals surface area contributed by atoms with Crippen molar-refractivity contribution in [2.75, 3.05) is 11.9 Å². The summed E-state index contributed by atoms with van der Waals surface area (Å²) >= 11 is 1.91. The van der Waals surface area contributed by atoms with E-state index in [1.54, 1.807) is 0 Å². The first-order chi connectivity index (χ1) is 20.1. The Morgan fingerprint density at radius 1 is 0.881 bits per heavy atom. The van der Waals surface area contributed by atoms with E-state index >= 15 is 0 Å².